The van der Waals surface area contributed by atoms with E-state index >= 15 is 0 Å². The monoisotopic (exact) mass is 1430 g/mol. The van der Waals surface area contributed by atoms with E-state index in [1.807, 2.05) is 98.1 Å². The highest BCUT2D eigenvalue weighted by Gasteiger charge is 2.90. The number of hydrogen-bond donors (Lipinski definition) is 0. The van der Waals surface area contributed by atoms with E-state index in [0.29, 0.717) is 13.0 Å². The molecular formula is C73H112F13N14+7. The van der Waals surface area contributed by atoms with Gasteiger partial charge in [-0.25, -0.2) is 63.9 Å². The highest BCUT2D eigenvalue weighted by atomic mass is 19.4. The molecule has 14 nitrogen and oxygen atoms in total. The number of alkyl halides is 13. The van der Waals surface area contributed by atoms with E-state index in [9.17, 15) is 57.1 Å². The molecule has 0 spiro atoms. The summed E-state index contributed by atoms with van der Waals surface area (Å²) in [6.07, 6.45) is 52.2. The molecule has 0 aliphatic carbocycles. The topological polar surface area (TPSA) is 61.7 Å². The van der Waals surface area contributed by atoms with E-state index in [4.69, 9.17) is 0 Å². The number of allylic oxidation sites excluding steroid dienone is 3. The Morgan fingerprint density at radius 2 is 0.800 bits per heavy atom. The molecule has 558 valence electrons. The lowest BCUT2D eigenvalue weighted by molar-refractivity contribution is -0.696. The van der Waals surface area contributed by atoms with Gasteiger partial charge < -0.3 is 0 Å². The van der Waals surface area contributed by atoms with Gasteiger partial charge in [-0.1, -0.05) is 147 Å². The van der Waals surface area contributed by atoms with Gasteiger partial charge >= 0.3 is 35.8 Å². The Balaban J connectivity index is 0.000000416. The number of unbranched alkanes of at least 4 members (excludes halogenated alkanes) is 10. The van der Waals surface area contributed by atoms with Crippen molar-refractivity contribution in [1.29, 1.82) is 0 Å². The molecule has 27 heteroatoms. The van der Waals surface area contributed by atoms with E-state index in [2.05, 4.69) is 201 Å². The fourth-order valence-corrected chi connectivity index (χ4v) is 9.60. The van der Waals surface area contributed by atoms with Crippen LogP contribution >= 0.6 is 0 Å². The summed E-state index contributed by atoms with van der Waals surface area (Å²) in [5, 5.41) is 0. The summed E-state index contributed by atoms with van der Waals surface area (Å²) in [7, 11) is 10.2. The van der Waals surface area contributed by atoms with Crippen LogP contribution in [0.3, 0.4) is 0 Å². The van der Waals surface area contributed by atoms with Gasteiger partial charge in [-0.15, -0.1) is 0 Å². The molecule has 8 rings (SSSR count). The summed E-state index contributed by atoms with van der Waals surface area (Å²) >= 11 is 0. The largest absolute Gasteiger partial charge is 0.460 e. The summed E-state index contributed by atoms with van der Waals surface area (Å²) in [5.41, 5.74) is 1.33. The minimum Gasteiger partial charge on any atom is -0.240 e. The van der Waals surface area contributed by atoms with Crippen molar-refractivity contribution in [3.8, 4) is 0 Å². The third-order valence-corrected chi connectivity index (χ3v) is 15.7. The lowest BCUT2D eigenvalue weighted by atomic mass is 9.92. The Labute approximate surface area is 584 Å². The number of rotatable bonds is 33. The van der Waals surface area contributed by atoms with Gasteiger partial charge in [0, 0.05) is 6.92 Å². The summed E-state index contributed by atoms with van der Waals surface area (Å²) < 4.78 is 197. The van der Waals surface area contributed by atoms with Crippen LogP contribution < -0.4 is 32.0 Å². The Morgan fingerprint density at radius 1 is 0.390 bits per heavy atom. The van der Waals surface area contributed by atoms with Gasteiger partial charge in [0.25, 0.3) is 5.82 Å². The van der Waals surface area contributed by atoms with Crippen molar-refractivity contribution in [2.24, 2.45) is 35.2 Å². The molecule has 0 saturated carbocycles. The van der Waals surface area contributed by atoms with Gasteiger partial charge in [-0.3, -0.25) is 0 Å². The van der Waals surface area contributed by atoms with Crippen molar-refractivity contribution in [2.45, 2.75) is 226 Å². The first-order chi connectivity index (χ1) is 47.2. The first kappa shape index (κ1) is 88.1. The predicted octanol–water partition coefficient (Wildman–Crippen LogP) is 14.7. The maximum atomic E-state index is 13.7. The molecule has 1 aromatic carbocycles. The van der Waals surface area contributed by atoms with Gasteiger partial charge in [-0.05, 0) is 44.1 Å². The van der Waals surface area contributed by atoms with Gasteiger partial charge in [0.15, 0.2) is 0 Å². The summed E-state index contributed by atoms with van der Waals surface area (Å²) in [6.45, 7) is 28.0. The van der Waals surface area contributed by atoms with Crippen molar-refractivity contribution in [3.63, 3.8) is 0 Å². The van der Waals surface area contributed by atoms with Crippen LogP contribution in [0.25, 0.3) is 0 Å². The second kappa shape index (κ2) is 45.0. The molecule has 0 saturated heterocycles. The number of nitrogens with zero attached hydrogens (tertiary/aromatic N) is 14. The molecular weight excluding hydrogens is 1320 g/mol. The minimum atomic E-state index is -7.86. The van der Waals surface area contributed by atoms with Crippen molar-refractivity contribution in [3.05, 3.63) is 204 Å². The van der Waals surface area contributed by atoms with E-state index < -0.39 is 48.8 Å². The van der Waals surface area contributed by atoms with Crippen LogP contribution in [0.15, 0.2) is 193 Å². The minimum absolute atomic E-state index is 0.382. The van der Waals surface area contributed by atoms with Crippen molar-refractivity contribution in [1.82, 2.24) is 32.0 Å². The molecule has 7 heterocycles. The standard InChI is InChI=1S/C15H16F13N2.C12H23N2.C11H13N2.C10H19N2.C9H17N2.C9H13N2.C7H11N2/c1-2-3-5-29-7-8-30(9-29)6-4-10(16,17)11(18,19)12(20,21)13(22,23)14(24,25)15(26,27)28;1-3-4-5-6-7-8-9-14-11-10-13(2)12-14;1-12-7-8-13(10-12)9-11-5-3-2-4-6-11;1-3-4-5-6-7-12-9-8-11(2)10-12;1-4-5-6-11-8-7-10(3)9(11)2;1-3-5-10-7-8-11(9-10)6-4-2;1-3-4-9-6-5-8(2)7-9/h7-9H,2-6H2,1H3;10-12H,3-9H2,1-2H3;2-8,10H,9H2,1H3;8-10H,3-7H2,1-2H3;7-8H,4-6H2,1-3H3;3-4,7-9H,1-2,5-6H2;3,5-7H,1,4H2,2H3/q7*+1. The van der Waals surface area contributed by atoms with E-state index in [1.54, 1.807) is 0 Å². The van der Waals surface area contributed by atoms with Crippen LogP contribution in [0.1, 0.15) is 135 Å². The molecule has 8 aromatic rings. The van der Waals surface area contributed by atoms with Crippen LogP contribution in [0.2, 0.25) is 0 Å². The molecule has 0 unspecified atom stereocenters. The zero-order valence-corrected chi connectivity index (χ0v) is 60.4. The van der Waals surface area contributed by atoms with Gasteiger partial charge in [-0.2, -0.15) is 57.1 Å². The van der Waals surface area contributed by atoms with Crippen molar-refractivity contribution >= 4 is 0 Å². The fraction of sp³-hybridized carbons (Fsp3) is 0.548. The molecule has 0 aliphatic heterocycles. The molecule has 0 radical (unpaired) electrons. The zero-order valence-electron chi connectivity index (χ0n) is 60.4. The maximum Gasteiger partial charge on any atom is 0.460 e. The van der Waals surface area contributed by atoms with Crippen molar-refractivity contribution < 1.29 is 89.0 Å². The number of aryl methyl sites for hydroxylation is 10. The van der Waals surface area contributed by atoms with Gasteiger partial charge in [0.05, 0.1) is 74.4 Å². The number of benzene rings is 1. The second-order valence-corrected chi connectivity index (χ2v) is 24.6. The molecule has 7 aromatic heterocycles. The number of imidazole rings is 7. The second-order valence-electron chi connectivity index (χ2n) is 24.6. The predicted molar refractivity (Wildman–Crippen MR) is 361 cm³/mol. The number of aromatic nitrogens is 14. The Kier molecular flexibility index (Phi) is 39.6. The first-order valence-electron chi connectivity index (χ1n) is 34.2. The normalized spacial score (nSPS) is 11.6. The van der Waals surface area contributed by atoms with Gasteiger partial charge in [0.1, 0.15) is 113 Å². The smallest absolute Gasteiger partial charge is 0.240 e. The van der Waals surface area contributed by atoms with Crippen LogP contribution in [-0.4, -0.2) is 67.8 Å². The SMILES string of the molecule is C=CCn1cc[n+](C)c1.C=CCn1cc[n+](CC=C)c1.CCCCCCCCn1cc[n+](C)c1.CCCCCCn1cc[n+](C)c1.CCCC[n+]1ccn(CCC(F)(F)C(F)(F)C(F)(F)C(F)(F)C(F)(F)C(F)(F)F)c1.CCCCn1cc[n+](C)c1C.C[n+]1ccn(Cc2ccccc2)c1. The lowest BCUT2D eigenvalue weighted by Crippen LogP contribution is -2.70. The molecule has 0 bridgehead atoms. The summed E-state index contributed by atoms with van der Waals surface area (Å²) in [4.78, 5) is 0. The highest BCUT2D eigenvalue weighted by Crippen LogP contribution is 2.60. The number of hydrogen-bond acceptors (Lipinski definition) is 0. The van der Waals surface area contributed by atoms with Gasteiger partial charge in [0.2, 0.25) is 38.0 Å². The highest BCUT2D eigenvalue weighted by molar-refractivity contribution is 5.15. The zero-order chi connectivity index (χ0) is 75.0. The molecule has 0 aliphatic rings. The molecule has 0 N–H and O–H groups in total. The van der Waals surface area contributed by atoms with E-state index in [0.717, 1.165) is 56.2 Å². The van der Waals surface area contributed by atoms with Crippen LogP contribution in [-0.2, 0) is 94.1 Å². The average molecular weight is 1430 g/mol. The molecule has 0 atom stereocenters. The Hall–Kier alpha value is -8.00. The van der Waals surface area contributed by atoms with Crippen molar-refractivity contribution in [2.75, 3.05) is 0 Å². The summed E-state index contributed by atoms with van der Waals surface area (Å²) in [5.74, 6) is -35.3. The van der Waals surface area contributed by atoms with Crippen LogP contribution in [0.5, 0.6) is 0 Å². The maximum absolute atomic E-state index is 13.7. The lowest BCUT2D eigenvalue weighted by Gasteiger charge is -2.39. The van der Waals surface area contributed by atoms with E-state index in [-0.39, 0.29) is 0 Å². The first-order valence-corrected chi connectivity index (χ1v) is 34.2. The molecule has 0 amide bonds. The van der Waals surface area contributed by atoms with Crippen LogP contribution in [0, 0.1) is 6.92 Å². The molecule has 0 fully saturated rings. The third-order valence-electron chi connectivity index (χ3n) is 15.7. The van der Waals surface area contributed by atoms with E-state index in [1.165, 1.54) is 112 Å². The molecule has 100 heavy (non-hydrogen) atoms. The Morgan fingerprint density at radius 3 is 1.25 bits per heavy atom. The quantitative estimate of drug-likeness (QED) is 0.0170. The van der Waals surface area contributed by atoms with Crippen LogP contribution in [0.4, 0.5) is 57.1 Å². The fourth-order valence-electron chi connectivity index (χ4n) is 9.60. The summed E-state index contributed by atoms with van der Waals surface area (Å²) in [6, 6.07) is 10.5. The Bertz CT molecular complexity index is 3430. The third kappa shape index (κ3) is 30.5. The average Bonchev–Trinajstić information content (AvgIpc) is 0.800. The number of halogens is 13.